The van der Waals surface area contributed by atoms with Gasteiger partial charge in [0.1, 0.15) is 22.5 Å². The number of rotatable bonds is 3. The van der Waals surface area contributed by atoms with Crippen molar-refractivity contribution < 1.29 is 0 Å². The van der Waals surface area contributed by atoms with Crippen molar-refractivity contribution in [3.63, 3.8) is 0 Å². The van der Waals surface area contributed by atoms with Gasteiger partial charge in [0.25, 0.3) is 0 Å². The number of aromatic nitrogens is 2. The molecule has 94 valence electrons. The first-order valence-electron chi connectivity index (χ1n) is 5.26. The Labute approximate surface area is 114 Å². The number of hydrogen-bond donors (Lipinski definition) is 4. The summed E-state index contributed by atoms with van der Waals surface area (Å²) in [5.41, 5.74) is 13.0. The standard InChI is InChI=1S/C12H10N6S/c13-4-6(11(16)19)3-7-5-18-12-9(7)8(10(14)15)1-2-17-12/h1-3,5H,(H3,14,15)(H2,16,19)(H,17,18)/b6-3-. The van der Waals surface area contributed by atoms with E-state index in [1.54, 1.807) is 24.5 Å². The molecule has 0 radical (unpaired) electrons. The van der Waals surface area contributed by atoms with Crippen LogP contribution in [0.3, 0.4) is 0 Å². The van der Waals surface area contributed by atoms with Crippen LogP contribution in [0.4, 0.5) is 0 Å². The summed E-state index contributed by atoms with van der Waals surface area (Å²) in [6.45, 7) is 0. The molecule has 19 heavy (non-hydrogen) atoms. The van der Waals surface area contributed by atoms with E-state index in [0.29, 0.717) is 22.2 Å². The van der Waals surface area contributed by atoms with E-state index in [0.717, 1.165) is 0 Å². The predicted octanol–water partition coefficient (Wildman–Crippen LogP) is 1.04. The number of fused-ring (bicyclic) bond motifs is 1. The van der Waals surface area contributed by atoms with Crippen molar-refractivity contribution in [2.24, 2.45) is 11.5 Å². The van der Waals surface area contributed by atoms with Crippen LogP contribution in [0.15, 0.2) is 24.0 Å². The van der Waals surface area contributed by atoms with Crippen molar-refractivity contribution in [3.05, 3.63) is 35.2 Å². The highest BCUT2D eigenvalue weighted by Crippen LogP contribution is 2.22. The van der Waals surface area contributed by atoms with Gasteiger partial charge in [-0.3, -0.25) is 5.41 Å². The molecule has 0 bridgehead atoms. The second-order valence-corrected chi connectivity index (χ2v) is 4.21. The maximum absolute atomic E-state index is 8.97. The summed E-state index contributed by atoms with van der Waals surface area (Å²) in [4.78, 5) is 7.11. The monoisotopic (exact) mass is 270 g/mol. The number of amidine groups is 1. The SMILES string of the molecule is N#C/C(=C/c1c[nH]c2nccc(C(=N)N)c12)C(N)=S. The number of thiocarbonyl (C=S) groups is 1. The van der Waals surface area contributed by atoms with Gasteiger partial charge in [-0.15, -0.1) is 0 Å². The Morgan fingerprint density at radius 2 is 2.26 bits per heavy atom. The first-order chi connectivity index (χ1) is 9.04. The Hall–Kier alpha value is -2.72. The Kier molecular flexibility index (Phi) is 3.27. The minimum absolute atomic E-state index is 0.0186. The largest absolute Gasteiger partial charge is 0.389 e. The molecule has 0 unspecified atom stereocenters. The number of hydrogen-bond acceptors (Lipinski definition) is 4. The molecule has 6 N–H and O–H groups in total. The van der Waals surface area contributed by atoms with E-state index in [1.165, 1.54) is 0 Å². The fraction of sp³-hybridized carbons (Fsp3) is 0. The Balaban J connectivity index is 2.73. The molecule has 0 aliphatic rings. The number of pyridine rings is 1. The van der Waals surface area contributed by atoms with E-state index in [4.69, 9.17) is 34.4 Å². The van der Waals surface area contributed by atoms with E-state index in [9.17, 15) is 0 Å². The fourth-order valence-electron chi connectivity index (χ4n) is 1.73. The number of H-pyrrole nitrogens is 1. The zero-order chi connectivity index (χ0) is 14.0. The van der Waals surface area contributed by atoms with Crippen LogP contribution >= 0.6 is 12.2 Å². The Morgan fingerprint density at radius 1 is 1.53 bits per heavy atom. The summed E-state index contributed by atoms with van der Waals surface area (Å²) in [5, 5.41) is 17.2. The summed E-state index contributed by atoms with van der Waals surface area (Å²) in [5.74, 6) is -0.0736. The molecule has 0 amide bonds. The lowest BCUT2D eigenvalue weighted by Gasteiger charge is -2.01. The highest BCUT2D eigenvalue weighted by atomic mass is 32.1. The second kappa shape index (κ2) is 4.88. The lowest BCUT2D eigenvalue weighted by atomic mass is 10.1. The van der Waals surface area contributed by atoms with Crippen molar-refractivity contribution >= 4 is 40.2 Å². The molecular formula is C12H10N6S. The van der Waals surface area contributed by atoms with E-state index >= 15 is 0 Å². The molecule has 7 heteroatoms. The van der Waals surface area contributed by atoms with Gasteiger partial charge >= 0.3 is 0 Å². The molecule has 0 saturated heterocycles. The molecule has 6 nitrogen and oxygen atoms in total. The average molecular weight is 270 g/mol. The lowest BCUT2D eigenvalue weighted by Crippen LogP contribution is -2.12. The summed E-state index contributed by atoms with van der Waals surface area (Å²) >= 11 is 4.79. The molecule has 0 spiro atoms. The fourth-order valence-corrected chi connectivity index (χ4v) is 1.84. The van der Waals surface area contributed by atoms with Gasteiger partial charge in [-0.05, 0) is 12.1 Å². The molecule has 2 aromatic rings. The molecule has 2 aromatic heterocycles. The number of nitriles is 1. The van der Waals surface area contributed by atoms with E-state index < -0.39 is 0 Å². The Morgan fingerprint density at radius 3 is 2.84 bits per heavy atom. The van der Waals surface area contributed by atoms with Crippen molar-refractivity contribution in [2.45, 2.75) is 0 Å². The van der Waals surface area contributed by atoms with Gasteiger partial charge in [-0.1, -0.05) is 12.2 Å². The van der Waals surface area contributed by atoms with Crippen LogP contribution in [0, 0.1) is 16.7 Å². The van der Waals surface area contributed by atoms with Crippen LogP contribution in [0.1, 0.15) is 11.1 Å². The number of nitrogens with two attached hydrogens (primary N) is 2. The first kappa shape index (κ1) is 12.7. The van der Waals surface area contributed by atoms with Crippen LogP contribution in [-0.2, 0) is 0 Å². The number of aromatic amines is 1. The highest BCUT2D eigenvalue weighted by molar-refractivity contribution is 7.80. The molecule has 0 aliphatic heterocycles. The molecule has 0 fully saturated rings. The van der Waals surface area contributed by atoms with Crippen molar-refractivity contribution in [1.29, 1.82) is 10.7 Å². The van der Waals surface area contributed by atoms with Gasteiger partial charge in [0, 0.05) is 28.9 Å². The first-order valence-corrected chi connectivity index (χ1v) is 5.67. The zero-order valence-electron chi connectivity index (χ0n) is 9.77. The minimum Gasteiger partial charge on any atom is -0.389 e. The quantitative estimate of drug-likeness (QED) is 0.218. The molecule has 2 heterocycles. The third-order valence-electron chi connectivity index (χ3n) is 2.58. The molecular weight excluding hydrogens is 260 g/mol. The second-order valence-electron chi connectivity index (χ2n) is 3.77. The van der Waals surface area contributed by atoms with E-state index in [2.05, 4.69) is 9.97 Å². The molecule has 2 rings (SSSR count). The maximum atomic E-state index is 8.97. The van der Waals surface area contributed by atoms with Gasteiger partial charge in [0.05, 0.1) is 5.57 Å². The van der Waals surface area contributed by atoms with Crippen LogP contribution in [0.2, 0.25) is 0 Å². The topological polar surface area (TPSA) is 128 Å². The van der Waals surface area contributed by atoms with Gasteiger partial charge in [-0.2, -0.15) is 5.26 Å². The van der Waals surface area contributed by atoms with Gasteiger partial charge in [-0.25, -0.2) is 4.98 Å². The smallest absolute Gasteiger partial charge is 0.138 e. The lowest BCUT2D eigenvalue weighted by molar-refractivity contribution is 1.32. The van der Waals surface area contributed by atoms with E-state index in [1.807, 2.05) is 6.07 Å². The van der Waals surface area contributed by atoms with E-state index in [-0.39, 0.29) is 16.4 Å². The summed E-state index contributed by atoms with van der Waals surface area (Å²) in [6, 6.07) is 3.57. The van der Waals surface area contributed by atoms with Gasteiger partial charge in [0.2, 0.25) is 0 Å². The van der Waals surface area contributed by atoms with Gasteiger partial charge in [0.15, 0.2) is 0 Å². The third-order valence-corrected chi connectivity index (χ3v) is 2.80. The minimum atomic E-state index is -0.0736. The molecule has 0 saturated carbocycles. The number of nitrogen functional groups attached to an aromatic ring is 1. The summed E-state index contributed by atoms with van der Waals surface area (Å²) in [7, 11) is 0. The third kappa shape index (κ3) is 2.29. The predicted molar refractivity (Wildman–Crippen MR) is 77.5 cm³/mol. The van der Waals surface area contributed by atoms with Crippen LogP contribution < -0.4 is 11.5 Å². The summed E-state index contributed by atoms with van der Waals surface area (Å²) < 4.78 is 0. The molecule has 0 aromatic carbocycles. The maximum Gasteiger partial charge on any atom is 0.138 e. The normalized spacial score (nSPS) is 11.2. The van der Waals surface area contributed by atoms with Crippen molar-refractivity contribution in [3.8, 4) is 6.07 Å². The van der Waals surface area contributed by atoms with Crippen molar-refractivity contribution in [2.75, 3.05) is 0 Å². The molecule has 0 atom stereocenters. The van der Waals surface area contributed by atoms with Gasteiger partial charge < -0.3 is 16.5 Å². The molecule has 0 aliphatic carbocycles. The van der Waals surface area contributed by atoms with Crippen LogP contribution in [0.25, 0.3) is 17.1 Å². The number of nitrogens with zero attached hydrogens (tertiary/aromatic N) is 2. The zero-order valence-corrected chi connectivity index (χ0v) is 10.6. The highest BCUT2D eigenvalue weighted by Gasteiger charge is 2.11. The van der Waals surface area contributed by atoms with Crippen LogP contribution in [-0.4, -0.2) is 20.8 Å². The number of nitrogens with one attached hydrogen (secondary N) is 2. The summed E-state index contributed by atoms with van der Waals surface area (Å²) in [6.07, 6.45) is 4.77. The Bertz CT molecular complexity index is 749. The van der Waals surface area contributed by atoms with Crippen molar-refractivity contribution in [1.82, 2.24) is 9.97 Å². The average Bonchev–Trinajstić information content (AvgIpc) is 2.78. The van der Waals surface area contributed by atoms with Crippen LogP contribution in [0.5, 0.6) is 0 Å².